The molecule has 1 heterocycles. The van der Waals surface area contributed by atoms with Gasteiger partial charge in [0.2, 0.25) is 0 Å². The van der Waals surface area contributed by atoms with Crippen molar-refractivity contribution in [2.45, 2.75) is 0 Å². The molecule has 0 aliphatic rings. The molecule has 2 aromatic rings. The van der Waals surface area contributed by atoms with Gasteiger partial charge in [-0.1, -0.05) is 0 Å². The van der Waals surface area contributed by atoms with Gasteiger partial charge in [0.15, 0.2) is 5.58 Å². The topological polar surface area (TPSA) is 32.2 Å². The Kier molecular flexibility index (Phi) is 1.84. The number of hydrogen-bond acceptors (Lipinski definition) is 3. The average molecular weight is 194 g/mol. The zero-order valence-electron chi connectivity index (χ0n) is 7.50. The first-order valence-electron chi connectivity index (χ1n) is 3.97. The highest BCUT2D eigenvalue weighted by molar-refractivity contribution is 7.71. The molecule has 0 bridgehead atoms. The van der Waals surface area contributed by atoms with Crippen molar-refractivity contribution in [3.8, 4) is 0 Å². The smallest absolute Gasteiger partial charge is 0.266 e. The number of nitrogens with one attached hydrogen (secondary N) is 1. The van der Waals surface area contributed by atoms with Crippen molar-refractivity contribution in [1.29, 1.82) is 0 Å². The molecule has 0 spiro atoms. The minimum absolute atomic E-state index is 0.422. The maximum atomic E-state index is 5.29. The fourth-order valence-corrected chi connectivity index (χ4v) is 1.41. The Labute approximate surface area is 81.0 Å². The summed E-state index contributed by atoms with van der Waals surface area (Å²) >= 11 is 4.89. The largest absolute Gasteiger partial charge is 0.429 e. The summed E-state index contributed by atoms with van der Waals surface area (Å²) in [6.45, 7) is 0. The molecule has 0 saturated heterocycles. The van der Waals surface area contributed by atoms with Crippen LogP contribution >= 0.6 is 12.2 Å². The number of anilines is 1. The number of benzene rings is 1. The fourth-order valence-electron chi connectivity index (χ4n) is 1.21. The summed E-state index contributed by atoms with van der Waals surface area (Å²) in [5, 5.41) is 0. The highest BCUT2D eigenvalue weighted by Crippen LogP contribution is 2.19. The number of H-pyrrole nitrogens is 1. The van der Waals surface area contributed by atoms with Crippen LogP contribution in [0, 0.1) is 4.84 Å². The van der Waals surface area contributed by atoms with Crippen molar-refractivity contribution in [2.75, 3.05) is 19.0 Å². The molecule has 4 heteroatoms. The van der Waals surface area contributed by atoms with E-state index in [2.05, 4.69) is 4.98 Å². The molecule has 1 aromatic heterocycles. The number of oxazole rings is 1. The van der Waals surface area contributed by atoms with Gasteiger partial charge in [-0.25, -0.2) is 0 Å². The molecule has 3 nitrogen and oxygen atoms in total. The van der Waals surface area contributed by atoms with Crippen molar-refractivity contribution in [3.63, 3.8) is 0 Å². The summed E-state index contributed by atoms with van der Waals surface area (Å²) in [5.74, 6) is 0. The van der Waals surface area contributed by atoms with Gasteiger partial charge in [-0.2, -0.15) is 0 Å². The monoisotopic (exact) mass is 194 g/mol. The standard InChI is InChI=1S/C9H10N2OS/c1-11(2)6-3-4-7-8(5-6)12-9(13)10-7/h3-5H,1-2H3,(H,10,13). The lowest BCUT2D eigenvalue weighted by Crippen LogP contribution is -2.07. The quantitative estimate of drug-likeness (QED) is 0.708. The summed E-state index contributed by atoms with van der Waals surface area (Å²) in [5.41, 5.74) is 2.84. The van der Waals surface area contributed by atoms with Gasteiger partial charge in [-0.3, -0.25) is 0 Å². The summed E-state index contributed by atoms with van der Waals surface area (Å²) in [7, 11) is 3.98. The first-order chi connectivity index (χ1) is 6.16. The number of aromatic nitrogens is 1. The zero-order chi connectivity index (χ0) is 9.42. The molecule has 2 rings (SSSR count). The summed E-state index contributed by atoms with van der Waals surface area (Å²) in [4.78, 5) is 5.40. The molecule has 1 N–H and O–H groups in total. The van der Waals surface area contributed by atoms with E-state index in [1.165, 1.54) is 0 Å². The number of hydrogen-bond donors (Lipinski definition) is 1. The van der Waals surface area contributed by atoms with E-state index in [1.54, 1.807) is 0 Å². The Morgan fingerprint density at radius 3 is 2.85 bits per heavy atom. The van der Waals surface area contributed by atoms with Gasteiger partial charge in [0, 0.05) is 25.8 Å². The Balaban J connectivity index is 2.68. The van der Waals surface area contributed by atoms with Crippen molar-refractivity contribution in [3.05, 3.63) is 23.0 Å². The lowest BCUT2D eigenvalue weighted by atomic mass is 10.3. The molecule has 0 unspecified atom stereocenters. The second-order valence-corrected chi connectivity index (χ2v) is 3.46. The highest BCUT2D eigenvalue weighted by atomic mass is 32.1. The Morgan fingerprint density at radius 2 is 2.15 bits per heavy atom. The van der Waals surface area contributed by atoms with Crippen LogP contribution in [0.25, 0.3) is 11.1 Å². The van der Waals surface area contributed by atoms with E-state index in [9.17, 15) is 0 Å². The maximum Gasteiger partial charge on any atom is 0.266 e. The van der Waals surface area contributed by atoms with Gasteiger partial charge in [0.05, 0.1) is 5.52 Å². The van der Waals surface area contributed by atoms with Crippen LogP contribution < -0.4 is 4.90 Å². The molecule has 1 aromatic carbocycles. The molecule has 13 heavy (non-hydrogen) atoms. The Hall–Kier alpha value is -1.29. The third-order valence-corrected chi connectivity index (χ3v) is 2.11. The number of nitrogens with zero attached hydrogens (tertiary/aromatic N) is 1. The number of aromatic amines is 1. The van der Waals surface area contributed by atoms with Gasteiger partial charge < -0.3 is 14.3 Å². The van der Waals surface area contributed by atoms with Crippen molar-refractivity contribution in [2.24, 2.45) is 0 Å². The van der Waals surface area contributed by atoms with Crippen molar-refractivity contribution < 1.29 is 4.42 Å². The highest BCUT2D eigenvalue weighted by Gasteiger charge is 2.01. The van der Waals surface area contributed by atoms with Gasteiger partial charge >= 0.3 is 0 Å². The van der Waals surface area contributed by atoms with Crippen molar-refractivity contribution >= 4 is 29.0 Å². The SMILES string of the molecule is CN(C)c1ccc2[nH]c(=S)oc2c1. The molecule has 0 saturated carbocycles. The second kappa shape index (κ2) is 2.88. The van der Waals surface area contributed by atoms with E-state index >= 15 is 0 Å². The Morgan fingerprint density at radius 1 is 1.38 bits per heavy atom. The normalized spacial score (nSPS) is 10.6. The van der Waals surface area contributed by atoms with Crippen molar-refractivity contribution in [1.82, 2.24) is 4.98 Å². The first kappa shape index (κ1) is 8.31. The molecule has 0 radical (unpaired) electrons. The third kappa shape index (κ3) is 1.45. The molecule has 0 fully saturated rings. The number of fused-ring (bicyclic) bond motifs is 1. The molecule has 0 aliphatic carbocycles. The third-order valence-electron chi connectivity index (χ3n) is 1.92. The minimum Gasteiger partial charge on any atom is -0.429 e. The van der Waals surface area contributed by atoms with Gasteiger partial charge in [0.1, 0.15) is 0 Å². The van der Waals surface area contributed by atoms with Crippen LogP contribution in [0.4, 0.5) is 5.69 Å². The van der Waals surface area contributed by atoms with Crippen LogP contribution in [0.2, 0.25) is 0 Å². The molecular weight excluding hydrogens is 184 g/mol. The molecule has 68 valence electrons. The van der Waals surface area contributed by atoms with E-state index in [4.69, 9.17) is 16.6 Å². The summed E-state index contributed by atoms with van der Waals surface area (Å²) in [6.07, 6.45) is 0. The van der Waals surface area contributed by atoms with E-state index in [0.29, 0.717) is 4.84 Å². The van der Waals surface area contributed by atoms with E-state index < -0.39 is 0 Å². The van der Waals surface area contributed by atoms with Gasteiger partial charge in [0.25, 0.3) is 4.84 Å². The van der Waals surface area contributed by atoms with Crippen LogP contribution in [0.5, 0.6) is 0 Å². The summed E-state index contributed by atoms with van der Waals surface area (Å²) in [6, 6.07) is 5.94. The molecule has 0 aliphatic heterocycles. The van der Waals surface area contributed by atoms with Crippen LogP contribution in [0.15, 0.2) is 22.6 Å². The molecule has 0 amide bonds. The second-order valence-electron chi connectivity index (χ2n) is 3.09. The zero-order valence-corrected chi connectivity index (χ0v) is 8.31. The van der Waals surface area contributed by atoms with Gasteiger partial charge in [-0.15, -0.1) is 0 Å². The average Bonchev–Trinajstić information content (AvgIpc) is 2.42. The predicted octanol–water partition coefficient (Wildman–Crippen LogP) is 2.56. The predicted molar refractivity (Wildman–Crippen MR) is 55.7 cm³/mol. The minimum atomic E-state index is 0.422. The van der Waals surface area contributed by atoms with Crippen LogP contribution in [-0.4, -0.2) is 19.1 Å². The maximum absolute atomic E-state index is 5.29. The molecular formula is C9H10N2OS. The first-order valence-corrected chi connectivity index (χ1v) is 4.38. The lowest BCUT2D eigenvalue weighted by Gasteiger charge is -2.10. The lowest BCUT2D eigenvalue weighted by molar-refractivity contribution is 0.583. The van der Waals surface area contributed by atoms with E-state index in [-0.39, 0.29) is 0 Å². The molecule has 0 atom stereocenters. The fraction of sp³-hybridized carbons (Fsp3) is 0.222. The Bertz CT molecular complexity index is 484. The van der Waals surface area contributed by atoms with Crippen LogP contribution in [0.1, 0.15) is 0 Å². The summed E-state index contributed by atoms with van der Waals surface area (Å²) < 4.78 is 5.29. The van der Waals surface area contributed by atoms with Crippen LogP contribution in [0.3, 0.4) is 0 Å². The van der Waals surface area contributed by atoms with E-state index in [1.807, 2.05) is 37.2 Å². The van der Waals surface area contributed by atoms with Gasteiger partial charge in [-0.05, 0) is 24.4 Å². The van der Waals surface area contributed by atoms with E-state index in [0.717, 1.165) is 16.8 Å². The van der Waals surface area contributed by atoms with Crippen LogP contribution in [-0.2, 0) is 0 Å². The number of rotatable bonds is 1.